The standard InChI is InChI=1S/C16H22Cl2N2O2/c1-22-16-13(17)7-12(8-14(16)18)19-10-15(21)20-9-11-5-3-2-4-6-11/h7-8,11,19H,2-6,9-10H2,1H3,(H,20,21). The minimum Gasteiger partial charge on any atom is -0.494 e. The minimum absolute atomic E-state index is 0.0198. The summed E-state index contributed by atoms with van der Waals surface area (Å²) >= 11 is 12.1. The largest absolute Gasteiger partial charge is 0.494 e. The predicted molar refractivity (Wildman–Crippen MR) is 91.1 cm³/mol. The summed E-state index contributed by atoms with van der Waals surface area (Å²) in [4.78, 5) is 11.9. The van der Waals surface area contributed by atoms with E-state index in [4.69, 9.17) is 27.9 Å². The lowest BCUT2D eigenvalue weighted by Crippen LogP contribution is -2.34. The van der Waals surface area contributed by atoms with Gasteiger partial charge in [-0.3, -0.25) is 4.79 Å². The van der Waals surface area contributed by atoms with Gasteiger partial charge in [0.2, 0.25) is 5.91 Å². The van der Waals surface area contributed by atoms with Gasteiger partial charge in [-0.1, -0.05) is 42.5 Å². The summed E-state index contributed by atoms with van der Waals surface area (Å²) in [5.41, 5.74) is 0.698. The van der Waals surface area contributed by atoms with E-state index in [9.17, 15) is 4.79 Å². The molecule has 0 bridgehead atoms. The number of anilines is 1. The molecular formula is C16H22Cl2N2O2. The van der Waals surface area contributed by atoms with Crippen molar-refractivity contribution in [3.63, 3.8) is 0 Å². The summed E-state index contributed by atoms with van der Waals surface area (Å²) in [6, 6.07) is 3.39. The molecule has 1 aromatic rings. The van der Waals surface area contributed by atoms with Gasteiger partial charge in [0.15, 0.2) is 5.75 Å². The van der Waals surface area contributed by atoms with Crippen molar-refractivity contribution in [2.45, 2.75) is 32.1 Å². The molecule has 1 saturated carbocycles. The Morgan fingerprint density at radius 1 is 1.23 bits per heavy atom. The van der Waals surface area contributed by atoms with Crippen LogP contribution in [0, 0.1) is 5.92 Å². The molecule has 1 aliphatic carbocycles. The molecule has 0 atom stereocenters. The molecule has 0 aliphatic heterocycles. The summed E-state index contributed by atoms with van der Waals surface area (Å²) in [6.45, 7) is 0.969. The second kappa shape index (κ2) is 8.49. The number of halogens is 2. The number of benzene rings is 1. The van der Waals surface area contributed by atoms with E-state index < -0.39 is 0 Å². The van der Waals surface area contributed by atoms with Gasteiger partial charge in [0.05, 0.1) is 23.7 Å². The molecule has 122 valence electrons. The molecule has 0 saturated heterocycles. The van der Waals surface area contributed by atoms with Gasteiger partial charge in [-0.05, 0) is 30.9 Å². The van der Waals surface area contributed by atoms with Crippen molar-refractivity contribution in [3.05, 3.63) is 22.2 Å². The van der Waals surface area contributed by atoms with Crippen molar-refractivity contribution in [2.75, 3.05) is 25.5 Å². The molecule has 0 aromatic heterocycles. The number of carbonyl (C=O) groups is 1. The first-order valence-corrected chi connectivity index (χ1v) is 8.39. The van der Waals surface area contributed by atoms with E-state index in [1.807, 2.05) is 0 Å². The van der Waals surface area contributed by atoms with Gasteiger partial charge in [-0.2, -0.15) is 0 Å². The van der Waals surface area contributed by atoms with Gasteiger partial charge in [0.1, 0.15) is 0 Å². The average molecular weight is 345 g/mol. The van der Waals surface area contributed by atoms with E-state index in [2.05, 4.69) is 10.6 Å². The first-order valence-electron chi connectivity index (χ1n) is 7.63. The highest BCUT2D eigenvalue weighted by Crippen LogP contribution is 2.35. The van der Waals surface area contributed by atoms with E-state index in [1.165, 1.54) is 39.2 Å². The van der Waals surface area contributed by atoms with E-state index in [-0.39, 0.29) is 12.5 Å². The van der Waals surface area contributed by atoms with Crippen LogP contribution in [0.15, 0.2) is 12.1 Å². The van der Waals surface area contributed by atoms with Gasteiger partial charge in [-0.25, -0.2) is 0 Å². The maximum atomic E-state index is 11.9. The van der Waals surface area contributed by atoms with Crippen LogP contribution in [0.25, 0.3) is 0 Å². The molecule has 0 radical (unpaired) electrons. The Labute approximate surface area is 141 Å². The van der Waals surface area contributed by atoms with Crippen molar-refractivity contribution >= 4 is 34.8 Å². The highest BCUT2D eigenvalue weighted by Gasteiger charge is 2.14. The number of rotatable bonds is 6. The number of carbonyl (C=O) groups excluding carboxylic acids is 1. The average Bonchev–Trinajstić information content (AvgIpc) is 2.52. The van der Waals surface area contributed by atoms with Crippen LogP contribution in [0.3, 0.4) is 0 Å². The van der Waals surface area contributed by atoms with E-state index in [0.29, 0.717) is 27.4 Å². The number of hydrogen-bond donors (Lipinski definition) is 2. The van der Waals surface area contributed by atoms with Crippen LogP contribution in [-0.4, -0.2) is 26.1 Å². The molecule has 0 heterocycles. The second-order valence-corrected chi connectivity index (χ2v) is 6.45. The highest BCUT2D eigenvalue weighted by molar-refractivity contribution is 6.37. The quantitative estimate of drug-likeness (QED) is 0.816. The zero-order valence-corrected chi connectivity index (χ0v) is 14.3. The Balaban J connectivity index is 1.78. The predicted octanol–water partition coefficient (Wildman–Crippen LogP) is 4.11. The molecule has 6 heteroatoms. The lowest BCUT2D eigenvalue weighted by Gasteiger charge is -2.21. The third-order valence-corrected chi connectivity index (χ3v) is 4.53. The summed E-state index contributed by atoms with van der Waals surface area (Å²) in [6.07, 6.45) is 6.32. The van der Waals surface area contributed by atoms with E-state index in [1.54, 1.807) is 12.1 Å². The molecule has 1 amide bonds. The Kier molecular flexibility index (Phi) is 6.65. The smallest absolute Gasteiger partial charge is 0.239 e. The minimum atomic E-state index is -0.0198. The van der Waals surface area contributed by atoms with Crippen LogP contribution < -0.4 is 15.4 Å². The fourth-order valence-electron chi connectivity index (χ4n) is 2.75. The number of ether oxygens (including phenoxy) is 1. The van der Waals surface area contributed by atoms with Gasteiger partial charge in [0.25, 0.3) is 0 Å². The van der Waals surface area contributed by atoms with Crippen molar-refractivity contribution in [3.8, 4) is 5.75 Å². The van der Waals surface area contributed by atoms with Gasteiger partial charge < -0.3 is 15.4 Å². The lowest BCUT2D eigenvalue weighted by atomic mass is 9.89. The zero-order chi connectivity index (χ0) is 15.9. The van der Waals surface area contributed by atoms with Gasteiger partial charge in [0, 0.05) is 12.2 Å². The second-order valence-electron chi connectivity index (χ2n) is 5.63. The van der Waals surface area contributed by atoms with Crippen molar-refractivity contribution < 1.29 is 9.53 Å². The maximum absolute atomic E-state index is 11.9. The van der Waals surface area contributed by atoms with Crippen LogP contribution in [0.2, 0.25) is 10.0 Å². The van der Waals surface area contributed by atoms with E-state index >= 15 is 0 Å². The first-order chi connectivity index (χ1) is 10.6. The Morgan fingerprint density at radius 2 is 1.86 bits per heavy atom. The maximum Gasteiger partial charge on any atom is 0.239 e. The van der Waals surface area contributed by atoms with Crippen molar-refractivity contribution in [1.29, 1.82) is 0 Å². The molecule has 0 unspecified atom stereocenters. The third-order valence-electron chi connectivity index (χ3n) is 3.97. The molecule has 2 N–H and O–H groups in total. The fraction of sp³-hybridized carbons (Fsp3) is 0.562. The molecular weight excluding hydrogens is 323 g/mol. The van der Waals surface area contributed by atoms with Gasteiger partial charge >= 0.3 is 0 Å². The van der Waals surface area contributed by atoms with E-state index in [0.717, 1.165) is 6.54 Å². The number of amides is 1. The topological polar surface area (TPSA) is 50.4 Å². The third kappa shape index (κ3) is 4.96. The summed E-state index contributed by atoms with van der Waals surface area (Å²) in [7, 11) is 1.51. The summed E-state index contributed by atoms with van der Waals surface area (Å²) < 4.78 is 5.09. The molecule has 1 fully saturated rings. The van der Waals surface area contributed by atoms with Crippen LogP contribution in [0.4, 0.5) is 5.69 Å². The molecule has 2 rings (SSSR count). The molecule has 0 spiro atoms. The molecule has 1 aromatic carbocycles. The Bertz CT molecular complexity index is 494. The normalized spacial score (nSPS) is 15.4. The van der Waals surface area contributed by atoms with Crippen molar-refractivity contribution in [1.82, 2.24) is 5.32 Å². The van der Waals surface area contributed by atoms with Crippen LogP contribution in [0.1, 0.15) is 32.1 Å². The van der Waals surface area contributed by atoms with Crippen LogP contribution >= 0.6 is 23.2 Å². The summed E-state index contributed by atoms with van der Waals surface area (Å²) in [5, 5.41) is 6.84. The Morgan fingerprint density at radius 3 is 2.45 bits per heavy atom. The number of methoxy groups -OCH3 is 1. The zero-order valence-electron chi connectivity index (χ0n) is 12.8. The molecule has 22 heavy (non-hydrogen) atoms. The van der Waals surface area contributed by atoms with Gasteiger partial charge in [-0.15, -0.1) is 0 Å². The van der Waals surface area contributed by atoms with Crippen LogP contribution in [0.5, 0.6) is 5.75 Å². The van der Waals surface area contributed by atoms with Crippen molar-refractivity contribution in [2.24, 2.45) is 5.92 Å². The highest BCUT2D eigenvalue weighted by atomic mass is 35.5. The fourth-order valence-corrected chi connectivity index (χ4v) is 3.39. The first kappa shape index (κ1) is 17.2. The van der Waals surface area contributed by atoms with Crippen LogP contribution in [-0.2, 0) is 4.79 Å². The molecule has 4 nitrogen and oxygen atoms in total. The SMILES string of the molecule is COc1c(Cl)cc(NCC(=O)NCC2CCCCC2)cc1Cl. The Hall–Kier alpha value is -1.13. The number of nitrogens with one attached hydrogen (secondary N) is 2. The monoisotopic (exact) mass is 344 g/mol. The lowest BCUT2D eigenvalue weighted by molar-refractivity contribution is -0.119. The summed E-state index contributed by atoms with van der Waals surface area (Å²) in [5.74, 6) is 1.05. The molecule has 1 aliphatic rings. The number of hydrogen-bond acceptors (Lipinski definition) is 3.